The number of nitrogens with one attached hydrogen (secondary N) is 1. The predicted octanol–water partition coefficient (Wildman–Crippen LogP) is 1.88. The van der Waals surface area contributed by atoms with Crippen LogP contribution >= 0.6 is 0 Å². The van der Waals surface area contributed by atoms with Gasteiger partial charge in [0.2, 0.25) is 0 Å². The maximum absolute atomic E-state index is 11.1. The zero-order valence-electron chi connectivity index (χ0n) is 7.63. The van der Waals surface area contributed by atoms with Crippen molar-refractivity contribution >= 4 is 11.7 Å². The molecule has 0 atom stereocenters. The van der Waals surface area contributed by atoms with Crippen molar-refractivity contribution in [2.45, 2.75) is 14.4 Å². The van der Waals surface area contributed by atoms with E-state index in [4.69, 9.17) is 0 Å². The predicted molar refractivity (Wildman–Crippen MR) is 56.6 cm³/mol. The lowest BCUT2D eigenvalue weighted by Gasteiger charge is -1.99. The van der Waals surface area contributed by atoms with E-state index < -0.39 is 0 Å². The van der Waals surface area contributed by atoms with Crippen molar-refractivity contribution in [2.24, 2.45) is 0 Å². The quantitative estimate of drug-likeness (QED) is 0.729. The number of carbonyl (C=O) groups excluding carboxylic acids is 2. The highest BCUT2D eigenvalue weighted by atomic mass is 16.1. The van der Waals surface area contributed by atoms with Gasteiger partial charge >= 0.3 is 0 Å². The van der Waals surface area contributed by atoms with Gasteiger partial charge in [-0.3, -0.25) is 9.59 Å². The molecular formula is C11H15NO2. The normalized spacial score (nSPS) is 8.71. The highest BCUT2D eigenvalue weighted by Gasteiger charge is 2.03. The summed E-state index contributed by atoms with van der Waals surface area (Å²) < 4.78 is 0. The van der Waals surface area contributed by atoms with Gasteiger partial charge in [-0.15, -0.1) is 0 Å². The Morgan fingerprint density at radius 2 is 1.50 bits per heavy atom. The van der Waals surface area contributed by atoms with Gasteiger partial charge in [0.15, 0.2) is 5.78 Å². The SMILES string of the molecule is C.CNC(=O)c1ccc(C(C)=O)cc1. The average molecular weight is 193 g/mol. The van der Waals surface area contributed by atoms with E-state index in [1.54, 1.807) is 31.3 Å². The lowest BCUT2D eigenvalue weighted by Crippen LogP contribution is -2.17. The second-order valence-electron chi connectivity index (χ2n) is 2.71. The minimum Gasteiger partial charge on any atom is -0.355 e. The molecule has 14 heavy (non-hydrogen) atoms. The van der Waals surface area contributed by atoms with Crippen LogP contribution in [-0.4, -0.2) is 18.7 Å². The topological polar surface area (TPSA) is 46.2 Å². The van der Waals surface area contributed by atoms with Crippen LogP contribution in [0.4, 0.5) is 0 Å². The highest BCUT2D eigenvalue weighted by Crippen LogP contribution is 2.04. The average Bonchev–Trinajstić information content (AvgIpc) is 2.17. The van der Waals surface area contributed by atoms with Gasteiger partial charge in [0, 0.05) is 18.2 Å². The Hall–Kier alpha value is -1.64. The van der Waals surface area contributed by atoms with Crippen molar-refractivity contribution in [3.05, 3.63) is 35.4 Å². The van der Waals surface area contributed by atoms with Gasteiger partial charge < -0.3 is 5.32 Å². The molecule has 3 heteroatoms. The molecule has 1 amide bonds. The molecule has 1 aromatic carbocycles. The number of carbonyl (C=O) groups is 2. The third kappa shape index (κ3) is 2.69. The molecule has 1 N–H and O–H groups in total. The first-order chi connectivity index (χ1) is 6.15. The maximum Gasteiger partial charge on any atom is 0.251 e. The fourth-order valence-corrected chi connectivity index (χ4v) is 1.00. The summed E-state index contributed by atoms with van der Waals surface area (Å²) in [6.07, 6.45) is 0. The van der Waals surface area contributed by atoms with Gasteiger partial charge in [-0.2, -0.15) is 0 Å². The molecule has 0 fully saturated rings. The van der Waals surface area contributed by atoms with Crippen LogP contribution in [0, 0.1) is 0 Å². The maximum atomic E-state index is 11.1. The number of Topliss-reactive ketones (excluding diaryl/α,β-unsaturated/α-hetero) is 1. The first-order valence-electron chi connectivity index (χ1n) is 3.98. The Balaban J connectivity index is 0.00000169. The number of amides is 1. The fraction of sp³-hybridized carbons (Fsp3) is 0.273. The first kappa shape index (κ1) is 12.4. The van der Waals surface area contributed by atoms with E-state index in [0.29, 0.717) is 11.1 Å². The van der Waals surface area contributed by atoms with Crippen LogP contribution in [0.15, 0.2) is 24.3 Å². The summed E-state index contributed by atoms with van der Waals surface area (Å²) >= 11 is 0. The Kier molecular flexibility index (Phi) is 4.56. The molecule has 0 bridgehead atoms. The van der Waals surface area contributed by atoms with E-state index >= 15 is 0 Å². The van der Waals surface area contributed by atoms with Crippen molar-refractivity contribution < 1.29 is 9.59 Å². The highest BCUT2D eigenvalue weighted by molar-refractivity contribution is 5.97. The molecule has 0 unspecified atom stereocenters. The largest absolute Gasteiger partial charge is 0.355 e. The molecule has 0 spiro atoms. The number of hydrogen-bond donors (Lipinski definition) is 1. The first-order valence-corrected chi connectivity index (χ1v) is 3.98. The van der Waals surface area contributed by atoms with Crippen LogP contribution in [-0.2, 0) is 0 Å². The molecule has 0 saturated carbocycles. The van der Waals surface area contributed by atoms with Gasteiger partial charge in [-0.25, -0.2) is 0 Å². The lowest BCUT2D eigenvalue weighted by atomic mass is 10.1. The van der Waals surface area contributed by atoms with Crippen LogP contribution in [0.1, 0.15) is 35.1 Å². The number of rotatable bonds is 2. The molecular weight excluding hydrogens is 178 g/mol. The number of hydrogen-bond acceptors (Lipinski definition) is 2. The summed E-state index contributed by atoms with van der Waals surface area (Å²) in [6.45, 7) is 1.49. The van der Waals surface area contributed by atoms with E-state index in [-0.39, 0.29) is 19.1 Å². The van der Waals surface area contributed by atoms with Crippen molar-refractivity contribution in [1.29, 1.82) is 0 Å². The Labute approximate surface area is 84.1 Å². The van der Waals surface area contributed by atoms with Crippen LogP contribution in [0.5, 0.6) is 0 Å². The van der Waals surface area contributed by atoms with Gasteiger partial charge in [-0.05, 0) is 19.1 Å². The van der Waals surface area contributed by atoms with Gasteiger partial charge in [0.05, 0.1) is 0 Å². The molecule has 0 aliphatic rings. The summed E-state index contributed by atoms with van der Waals surface area (Å²) in [4.78, 5) is 22.0. The van der Waals surface area contributed by atoms with Gasteiger partial charge in [0.25, 0.3) is 5.91 Å². The second kappa shape index (κ2) is 5.17. The molecule has 3 nitrogen and oxygen atoms in total. The van der Waals surface area contributed by atoms with E-state index in [9.17, 15) is 9.59 Å². The van der Waals surface area contributed by atoms with E-state index in [1.807, 2.05) is 0 Å². The lowest BCUT2D eigenvalue weighted by molar-refractivity contribution is 0.0960. The molecule has 0 aliphatic carbocycles. The van der Waals surface area contributed by atoms with Crippen LogP contribution in [0.25, 0.3) is 0 Å². The van der Waals surface area contributed by atoms with Crippen molar-refractivity contribution in [2.75, 3.05) is 7.05 Å². The molecule has 76 valence electrons. The Bertz CT molecular complexity index is 328. The van der Waals surface area contributed by atoms with Gasteiger partial charge in [0.1, 0.15) is 0 Å². The monoisotopic (exact) mass is 193 g/mol. The molecule has 0 heterocycles. The molecule has 0 aliphatic heterocycles. The van der Waals surface area contributed by atoms with E-state index in [0.717, 1.165) is 0 Å². The molecule has 0 radical (unpaired) electrons. The van der Waals surface area contributed by atoms with Crippen LogP contribution < -0.4 is 5.32 Å². The zero-order chi connectivity index (χ0) is 9.84. The van der Waals surface area contributed by atoms with Crippen LogP contribution in [0.2, 0.25) is 0 Å². The summed E-state index contributed by atoms with van der Waals surface area (Å²) in [6, 6.07) is 6.56. The fourth-order valence-electron chi connectivity index (χ4n) is 1.00. The van der Waals surface area contributed by atoms with Crippen molar-refractivity contribution in [3.63, 3.8) is 0 Å². The number of ketones is 1. The Morgan fingerprint density at radius 3 is 1.86 bits per heavy atom. The van der Waals surface area contributed by atoms with Crippen molar-refractivity contribution in [3.8, 4) is 0 Å². The Morgan fingerprint density at radius 1 is 1.07 bits per heavy atom. The van der Waals surface area contributed by atoms with E-state index in [2.05, 4.69) is 5.32 Å². The smallest absolute Gasteiger partial charge is 0.251 e. The molecule has 0 saturated heterocycles. The standard InChI is InChI=1S/C10H11NO2.CH4/c1-7(12)8-3-5-9(6-4-8)10(13)11-2;/h3-6H,1-2H3,(H,11,13);1H4. The zero-order valence-corrected chi connectivity index (χ0v) is 7.63. The molecule has 1 aromatic rings. The third-order valence-corrected chi connectivity index (χ3v) is 1.78. The summed E-state index contributed by atoms with van der Waals surface area (Å²) in [5, 5.41) is 2.51. The minimum atomic E-state index is -0.143. The summed E-state index contributed by atoms with van der Waals surface area (Å²) in [7, 11) is 1.57. The van der Waals surface area contributed by atoms with E-state index in [1.165, 1.54) is 6.92 Å². The molecule has 0 aromatic heterocycles. The van der Waals surface area contributed by atoms with Gasteiger partial charge in [-0.1, -0.05) is 19.6 Å². The third-order valence-electron chi connectivity index (χ3n) is 1.78. The number of benzene rings is 1. The van der Waals surface area contributed by atoms with Crippen molar-refractivity contribution in [1.82, 2.24) is 5.32 Å². The molecule has 1 rings (SSSR count). The summed E-state index contributed by atoms with van der Waals surface area (Å²) in [5.41, 5.74) is 1.18. The minimum absolute atomic E-state index is 0. The second-order valence-corrected chi connectivity index (χ2v) is 2.71. The van der Waals surface area contributed by atoms with Crippen LogP contribution in [0.3, 0.4) is 0 Å². The summed E-state index contributed by atoms with van der Waals surface area (Å²) in [5.74, 6) is -0.140.